The van der Waals surface area contributed by atoms with E-state index in [1.165, 1.54) is 36.4 Å². The van der Waals surface area contributed by atoms with Crippen LogP contribution in [-0.4, -0.2) is 19.6 Å². The molecule has 26 heavy (non-hydrogen) atoms. The lowest BCUT2D eigenvalue weighted by atomic mass is 10.2. The van der Waals surface area contributed by atoms with Gasteiger partial charge < -0.3 is 5.32 Å². The number of thioether (sulfide) groups is 1. The molecule has 0 radical (unpaired) electrons. The molecule has 2 aromatic carbocycles. The summed E-state index contributed by atoms with van der Waals surface area (Å²) in [6.45, 7) is 1.55. The molecule has 0 fully saturated rings. The molecule has 0 saturated heterocycles. The van der Waals surface area contributed by atoms with Crippen LogP contribution in [0.25, 0.3) is 0 Å². The number of nitrogens with one attached hydrogen (secondary N) is 1. The summed E-state index contributed by atoms with van der Waals surface area (Å²) >= 11 is 0.981. The van der Waals surface area contributed by atoms with Crippen molar-refractivity contribution in [1.82, 2.24) is 0 Å². The van der Waals surface area contributed by atoms with Gasteiger partial charge in [0.25, 0.3) is 0 Å². The Morgan fingerprint density at radius 3 is 2.31 bits per heavy atom. The summed E-state index contributed by atoms with van der Waals surface area (Å²) in [6, 6.07) is 9.95. The van der Waals surface area contributed by atoms with E-state index >= 15 is 0 Å². The molecule has 0 unspecified atom stereocenters. The number of amides is 1. The summed E-state index contributed by atoms with van der Waals surface area (Å²) in [4.78, 5) is 12.4. The molecule has 0 aliphatic rings. The Balaban J connectivity index is 2.04. The zero-order chi connectivity index (χ0) is 19.5. The Kier molecular flexibility index (Phi) is 5.99. The van der Waals surface area contributed by atoms with E-state index in [0.29, 0.717) is 10.6 Å². The van der Waals surface area contributed by atoms with Gasteiger partial charge in [-0.3, -0.25) is 4.79 Å². The number of primary sulfonamides is 1. The Labute approximate surface area is 152 Å². The highest BCUT2D eigenvalue weighted by atomic mass is 32.2. The van der Waals surface area contributed by atoms with Crippen molar-refractivity contribution in [3.63, 3.8) is 0 Å². The lowest BCUT2D eigenvalue weighted by Gasteiger charge is -2.13. The predicted octanol–water partition coefficient (Wildman–Crippen LogP) is 3.47. The average molecular weight is 404 g/mol. The molecule has 140 valence electrons. The van der Waals surface area contributed by atoms with Crippen molar-refractivity contribution >= 4 is 33.4 Å². The molecule has 1 amide bonds. The van der Waals surface area contributed by atoms with Gasteiger partial charge in [-0.15, -0.1) is 11.8 Å². The highest BCUT2D eigenvalue weighted by Gasteiger charge is 2.30. The number of hydrogen-bond acceptors (Lipinski definition) is 4. The maximum absolute atomic E-state index is 12.7. The summed E-state index contributed by atoms with van der Waals surface area (Å²) in [7, 11) is -3.83. The second-order valence-electron chi connectivity index (χ2n) is 5.34. The third-order valence-corrected chi connectivity index (χ3v) is 5.32. The van der Waals surface area contributed by atoms with Gasteiger partial charge in [0, 0.05) is 10.6 Å². The minimum Gasteiger partial charge on any atom is -0.325 e. The minimum absolute atomic E-state index is 0.0955. The number of carbonyl (C=O) groups is 1. The monoisotopic (exact) mass is 404 g/mol. The molecule has 10 heteroatoms. The Hall–Kier alpha value is -2.04. The maximum Gasteiger partial charge on any atom is 0.416 e. The van der Waals surface area contributed by atoms with E-state index in [1.807, 2.05) is 0 Å². The fraction of sp³-hybridized carbons (Fsp3) is 0.188. The molecule has 0 aliphatic heterocycles. The van der Waals surface area contributed by atoms with Gasteiger partial charge in [-0.25, -0.2) is 13.6 Å². The van der Waals surface area contributed by atoms with Gasteiger partial charge in [0.15, 0.2) is 0 Å². The number of sulfonamides is 1. The summed E-state index contributed by atoms with van der Waals surface area (Å²) in [5.74, 6) is -0.434. The SMILES string of the molecule is C[C@H](Sc1cccc(C(F)(F)F)c1)C(=O)Nc1ccc(S(N)(=O)=O)cc1. The highest BCUT2D eigenvalue weighted by Crippen LogP contribution is 2.33. The zero-order valence-corrected chi connectivity index (χ0v) is 15.1. The Morgan fingerprint density at radius 1 is 1.15 bits per heavy atom. The highest BCUT2D eigenvalue weighted by molar-refractivity contribution is 8.00. The van der Waals surface area contributed by atoms with Crippen LogP contribution in [0.4, 0.5) is 18.9 Å². The molecule has 5 nitrogen and oxygen atoms in total. The van der Waals surface area contributed by atoms with Crippen molar-refractivity contribution in [2.75, 3.05) is 5.32 Å². The van der Waals surface area contributed by atoms with E-state index in [-0.39, 0.29) is 4.90 Å². The number of nitrogens with two attached hydrogens (primary N) is 1. The fourth-order valence-electron chi connectivity index (χ4n) is 1.98. The molecule has 0 spiro atoms. The smallest absolute Gasteiger partial charge is 0.325 e. The minimum atomic E-state index is -4.45. The van der Waals surface area contributed by atoms with Gasteiger partial charge in [-0.05, 0) is 49.4 Å². The third kappa shape index (κ3) is 5.48. The number of benzene rings is 2. The van der Waals surface area contributed by atoms with E-state index in [2.05, 4.69) is 5.32 Å². The van der Waals surface area contributed by atoms with Crippen LogP contribution in [0.1, 0.15) is 12.5 Å². The van der Waals surface area contributed by atoms with Gasteiger partial charge >= 0.3 is 6.18 Å². The van der Waals surface area contributed by atoms with Crippen LogP contribution in [0.5, 0.6) is 0 Å². The predicted molar refractivity (Wildman–Crippen MR) is 93.2 cm³/mol. The average Bonchev–Trinajstić information content (AvgIpc) is 2.54. The van der Waals surface area contributed by atoms with E-state index in [1.54, 1.807) is 6.92 Å². The lowest BCUT2D eigenvalue weighted by molar-refractivity contribution is -0.137. The second-order valence-corrected chi connectivity index (χ2v) is 8.32. The zero-order valence-electron chi connectivity index (χ0n) is 13.4. The van der Waals surface area contributed by atoms with Crippen LogP contribution in [0.15, 0.2) is 58.3 Å². The van der Waals surface area contributed by atoms with E-state index in [9.17, 15) is 26.4 Å². The number of hydrogen-bond donors (Lipinski definition) is 2. The summed E-state index contributed by atoms with van der Waals surface area (Å²) in [5, 5.41) is 6.88. The molecule has 2 aromatic rings. The number of halogens is 3. The standard InChI is InChI=1S/C16H15F3N2O3S2/c1-10(25-13-4-2-3-11(9-13)16(17,18)19)15(22)21-12-5-7-14(8-6-12)26(20,23)24/h2-10H,1H3,(H,21,22)(H2,20,23,24)/t10-/m0/s1. The third-order valence-electron chi connectivity index (χ3n) is 3.29. The van der Waals surface area contributed by atoms with Crippen molar-refractivity contribution in [1.29, 1.82) is 0 Å². The fourth-order valence-corrected chi connectivity index (χ4v) is 3.42. The molecular weight excluding hydrogens is 389 g/mol. The Morgan fingerprint density at radius 2 is 1.77 bits per heavy atom. The summed E-state index contributed by atoms with van der Waals surface area (Å²) in [6.07, 6.45) is -4.45. The van der Waals surface area contributed by atoms with Crippen molar-refractivity contribution in [3.05, 3.63) is 54.1 Å². The van der Waals surface area contributed by atoms with Gasteiger partial charge in [-0.1, -0.05) is 6.07 Å². The van der Waals surface area contributed by atoms with Crippen LogP contribution in [0.3, 0.4) is 0 Å². The number of alkyl halides is 3. The molecule has 2 rings (SSSR count). The summed E-state index contributed by atoms with van der Waals surface area (Å²) in [5.41, 5.74) is -0.437. The summed E-state index contributed by atoms with van der Waals surface area (Å²) < 4.78 is 60.5. The Bertz CT molecular complexity index is 898. The molecule has 0 aromatic heterocycles. The van der Waals surface area contributed by atoms with Gasteiger partial charge in [0.05, 0.1) is 15.7 Å². The van der Waals surface area contributed by atoms with E-state index in [4.69, 9.17) is 5.14 Å². The van der Waals surface area contributed by atoms with Crippen LogP contribution in [0.2, 0.25) is 0 Å². The topological polar surface area (TPSA) is 89.3 Å². The number of anilines is 1. The lowest BCUT2D eigenvalue weighted by Crippen LogP contribution is -2.22. The quantitative estimate of drug-likeness (QED) is 0.747. The van der Waals surface area contributed by atoms with Crippen LogP contribution < -0.4 is 10.5 Å². The molecule has 1 atom stereocenters. The number of carbonyl (C=O) groups excluding carboxylic acids is 1. The van der Waals surface area contributed by atoms with Crippen molar-refractivity contribution in [2.45, 2.75) is 28.1 Å². The molecule has 0 heterocycles. The van der Waals surface area contributed by atoms with E-state index in [0.717, 1.165) is 23.9 Å². The molecule has 0 saturated carbocycles. The second kappa shape index (κ2) is 7.68. The first-order valence-electron chi connectivity index (χ1n) is 7.24. The van der Waals surface area contributed by atoms with Crippen LogP contribution in [0, 0.1) is 0 Å². The van der Waals surface area contributed by atoms with Crippen LogP contribution in [-0.2, 0) is 21.0 Å². The first-order valence-corrected chi connectivity index (χ1v) is 9.67. The largest absolute Gasteiger partial charge is 0.416 e. The van der Waals surface area contributed by atoms with Gasteiger partial charge in [0.1, 0.15) is 0 Å². The van der Waals surface area contributed by atoms with E-state index < -0.39 is 32.9 Å². The van der Waals surface area contributed by atoms with Gasteiger partial charge in [0.2, 0.25) is 15.9 Å². The number of rotatable bonds is 5. The molecule has 0 aliphatic carbocycles. The van der Waals surface area contributed by atoms with Crippen molar-refractivity contribution in [2.24, 2.45) is 5.14 Å². The van der Waals surface area contributed by atoms with Crippen LogP contribution >= 0.6 is 11.8 Å². The van der Waals surface area contributed by atoms with Gasteiger partial charge in [-0.2, -0.15) is 13.2 Å². The first-order chi connectivity index (χ1) is 12.0. The maximum atomic E-state index is 12.7. The van der Waals surface area contributed by atoms with Crippen molar-refractivity contribution < 1.29 is 26.4 Å². The molecule has 0 bridgehead atoms. The molecule has 3 N–H and O–H groups in total. The van der Waals surface area contributed by atoms with Crippen molar-refractivity contribution in [3.8, 4) is 0 Å². The first kappa shape index (κ1) is 20.3. The molecular formula is C16H15F3N2O3S2. The normalized spacial score (nSPS) is 13.3.